The second-order valence-electron chi connectivity index (χ2n) is 11.7. The number of carbonyl (C=O) groups excluding carboxylic acids is 1. The smallest absolute Gasteiger partial charge is 0.222 e. The Morgan fingerprint density at radius 2 is 1.35 bits per heavy atom. The maximum absolute atomic E-state index is 12.8. The van der Waals surface area contributed by atoms with Crippen LogP contribution in [0.4, 0.5) is 0 Å². The van der Waals surface area contributed by atoms with Crippen LogP contribution in [0.5, 0.6) is 0 Å². The molecule has 3 saturated heterocycles. The van der Waals surface area contributed by atoms with E-state index in [4.69, 9.17) is 28.4 Å². The van der Waals surface area contributed by atoms with E-state index in [2.05, 4.69) is 19.1 Å². The van der Waals surface area contributed by atoms with E-state index in [-0.39, 0.29) is 18.1 Å². The van der Waals surface area contributed by atoms with Crippen molar-refractivity contribution in [1.29, 1.82) is 0 Å². The Morgan fingerprint density at radius 3 is 1.98 bits per heavy atom. The molecule has 0 radical (unpaired) electrons. The van der Waals surface area contributed by atoms with Gasteiger partial charge in [0.05, 0.1) is 52.9 Å². The Labute approximate surface area is 243 Å². The van der Waals surface area contributed by atoms with Gasteiger partial charge in [-0.05, 0) is 38.0 Å². The highest BCUT2D eigenvalue weighted by Crippen LogP contribution is 2.18. The van der Waals surface area contributed by atoms with Crippen LogP contribution in [0.1, 0.15) is 90.4 Å². The van der Waals surface area contributed by atoms with E-state index < -0.39 is 0 Å². The molecular formula is C32H57NO7. The summed E-state index contributed by atoms with van der Waals surface area (Å²) in [4.78, 5) is 14.7. The van der Waals surface area contributed by atoms with Crippen LogP contribution in [0.2, 0.25) is 0 Å². The topological polar surface area (TPSA) is 85.6 Å². The van der Waals surface area contributed by atoms with Crippen molar-refractivity contribution in [2.75, 3.05) is 72.6 Å². The highest BCUT2D eigenvalue weighted by molar-refractivity contribution is 5.76. The minimum absolute atomic E-state index is 0.207. The molecule has 0 aromatic rings. The van der Waals surface area contributed by atoms with Crippen LogP contribution in [0.15, 0.2) is 12.2 Å². The highest BCUT2D eigenvalue weighted by Gasteiger charge is 2.24. The molecule has 0 aromatic heterocycles. The third-order valence-corrected chi connectivity index (χ3v) is 7.70. The third-order valence-electron chi connectivity index (χ3n) is 7.70. The molecule has 8 nitrogen and oxygen atoms in total. The number of nitrogens with zero attached hydrogens (tertiary/aromatic N) is 1. The zero-order valence-corrected chi connectivity index (χ0v) is 25.2. The quantitative estimate of drug-likeness (QED) is 0.0687. The number of hydrogen-bond acceptors (Lipinski definition) is 7. The number of amides is 1. The lowest BCUT2D eigenvalue weighted by molar-refractivity contribution is -0.133. The van der Waals surface area contributed by atoms with Gasteiger partial charge in [0.15, 0.2) is 0 Å². The molecule has 3 aliphatic rings. The fourth-order valence-corrected chi connectivity index (χ4v) is 4.76. The molecule has 0 saturated carbocycles. The van der Waals surface area contributed by atoms with Crippen molar-refractivity contribution in [3.8, 4) is 0 Å². The Morgan fingerprint density at radius 1 is 0.775 bits per heavy atom. The second kappa shape index (κ2) is 21.6. The first-order valence-corrected chi connectivity index (χ1v) is 16.3. The predicted octanol–water partition coefficient (Wildman–Crippen LogP) is 5.32. The maximum Gasteiger partial charge on any atom is 0.222 e. The molecule has 3 heterocycles. The van der Waals surface area contributed by atoms with Crippen molar-refractivity contribution in [2.45, 2.75) is 109 Å². The minimum Gasteiger partial charge on any atom is -0.378 e. The van der Waals surface area contributed by atoms with Crippen LogP contribution >= 0.6 is 0 Å². The van der Waals surface area contributed by atoms with Crippen molar-refractivity contribution in [3.63, 3.8) is 0 Å². The Hall–Kier alpha value is -1.03. The first-order chi connectivity index (χ1) is 19.7. The van der Waals surface area contributed by atoms with Gasteiger partial charge in [0.1, 0.15) is 18.3 Å². The van der Waals surface area contributed by atoms with Gasteiger partial charge in [-0.25, -0.2) is 0 Å². The van der Waals surface area contributed by atoms with Gasteiger partial charge in [-0.3, -0.25) is 4.79 Å². The minimum atomic E-state index is 0.207. The molecule has 4 unspecified atom stereocenters. The van der Waals surface area contributed by atoms with E-state index in [0.717, 1.165) is 58.7 Å². The first kappa shape index (κ1) is 33.5. The van der Waals surface area contributed by atoms with E-state index in [1.807, 2.05) is 4.90 Å². The lowest BCUT2D eigenvalue weighted by Gasteiger charge is -2.22. The van der Waals surface area contributed by atoms with Crippen LogP contribution in [-0.4, -0.2) is 102 Å². The van der Waals surface area contributed by atoms with E-state index >= 15 is 0 Å². The molecule has 0 bridgehead atoms. The zero-order valence-electron chi connectivity index (χ0n) is 25.2. The van der Waals surface area contributed by atoms with E-state index in [9.17, 15) is 4.79 Å². The maximum atomic E-state index is 12.8. The lowest BCUT2D eigenvalue weighted by Crippen LogP contribution is -2.37. The molecule has 0 aliphatic carbocycles. The summed E-state index contributed by atoms with van der Waals surface area (Å²) in [5.41, 5.74) is 0. The van der Waals surface area contributed by atoms with Crippen LogP contribution < -0.4 is 0 Å². The summed E-state index contributed by atoms with van der Waals surface area (Å²) in [6.45, 7) is 9.91. The summed E-state index contributed by atoms with van der Waals surface area (Å²) in [5, 5.41) is 0. The molecule has 3 rings (SSSR count). The molecule has 0 spiro atoms. The lowest BCUT2D eigenvalue weighted by atomic mass is 9.97. The number of hydrogen-bond donors (Lipinski definition) is 0. The Bertz CT molecular complexity index is 644. The third kappa shape index (κ3) is 18.4. The van der Waals surface area contributed by atoms with Gasteiger partial charge in [0, 0.05) is 26.1 Å². The van der Waals surface area contributed by atoms with Crippen LogP contribution in [-0.2, 0) is 33.2 Å². The van der Waals surface area contributed by atoms with Crippen molar-refractivity contribution < 1.29 is 33.2 Å². The van der Waals surface area contributed by atoms with Crippen molar-refractivity contribution in [3.05, 3.63) is 12.2 Å². The van der Waals surface area contributed by atoms with Crippen LogP contribution in [0.3, 0.4) is 0 Å². The standard InChI is InChI=1S/C32H57NO7/c1-2-3-4-11-14-28(21-37-24-31-27-40-31)15-12-9-7-5-6-8-10-13-16-32(34)33(17-19-35-22-29-25-38-29)18-20-36-23-30-26-39-30/h9,12,28-31H,2-8,10-11,13-27H2,1H3. The molecule has 232 valence electrons. The zero-order chi connectivity index (χ0) is 28.1. The van der Waals surface area contributed by atoms with E-state index in [0.29, 0.717) is 58.0 Å². The summed E-state index contributed by atoms with van der Waals surface area (Å²) in [6.07, 6.45) is 20.7. The molecule has 3 fully saturated rings. The first-order valence-electron chi connectivity index (χ1n) is 16.3. The van der Waals surface area contributed by atoms with E-state index in [1.165, 1.54) is 51.4 Å². The van der Waals surface area contributed by atoms with Gasteiger partial charge in [-0.2, -0.15) is 0 Å². The highest BCUT2D eigenvalue weighted by atomic mass is 16.6. The van der Waals surface area contributed by atoms with E-state index in [1.54, 1.807) is 0 Å². The summed E-state index contributed by atoms with van der Waals surface area (Å²) < 4.78 is 32.9. The van der Waals surface area contributed by atoms with Gasteiger partial charge in [0.25, 0.3) is 0 Å². The summed E-state index contributed by atoms with van der Waals surface area (Å²) >= 11 is 0. The van der Waals surface area contributed by atoms with Crippen molar-refractivity contribution in [2.24, 2.45) is 5.92 Å². The van der Waals surface area contributed by atoms with Gasteiger partial charge in [-0.1, -0.05) is 64.0 Å². The molecule has 3 aliphatic heterocycles. The monoisotopic (exact) mass is 567 g/mol. The normalized spacial score (nSPS) is 22.1. The molecule has 0 N–H and O–H groups in total. The fraction of sp³-hybridized carbons (Fsp3) is 0.906. The van der Waals surface area contributed by atoms with Gasteiger partial charge in [0.2, 0.25) is 5.91 Å². The number of ether oxygens (including phenoxy) is 6. The SMILES string of the molecule is CCCCCCC(CC=CCCCCCCCC(=O)N(CCOCC1CO1)CCOCC1CO1)COCC1CO1. The van der Waals surface area contributed by atoms with Crippen molar-refractivity contribution >= 4 is 5.91 Å². The average molecular weight is 568 g/mol. The van der Waals surface area contributed by atoms with Crippen molar-refractivity contribution in [1.82, 2.24) is 4.90 Å². The van der Waals surface area contributed by atoms with Gasteiger partial charge >= 0.3 is 0 Å². The Kier molecular flexibility index (Phi) is 18.1. The molecule has 1 amide bonds. The number of epoxide rings is 3. The molecule has 0 aromatic carbocycles. The fourth-order valence-electron chi connectivity index (χ4n) is 4.76. The Balaban J connectivity index is 1.18. The van der Waals surface area contributed by atoms with Gasteiger partial charge < -0.3 is 33.3 Å². The van der Waals surface area contributed by atoms with Gasteiger partial charge in [-0.15, -0.1) is 0 Å². The number of allylic oxidation sites excluding steroid dienone is 2. The van der Waals surface area contributed by atoms with Crippen LogP contribution in [0, 0.1) is 5.92 Å². The molecule has 8 heteroatoms. The number of rotatable bonds is 29. The molecule has 4 atom stereocenters. The largest absolute Gasteiger partial charge is 0.378 e. The molecule has 40 heavy (non-hydrogen) atoms. The summed E-state index contributed by atoms with van der Waals surface area (Å²) in [6, 6.07) is 0. The number of carbonyl (C=O) groups is 1. The predicted molar refractivity (Wildman–Crippen MR) is 157 cm³/mol. The summed E-state index contributed by atoms with van der Waals surface area (Å²) in [7, 11) is 0. The number of unbranched alkanes of at least 4 members (excludes halogenated alkanes) is 8. The molecular weight excluding hydrogens is 510 g/mol. The average Bonchev–Trinajstić information content (AvgIpc) is 3.80. The van der Waals surface area contributed by atoms with Crippen LogP contribution in [0.25, 0.3) is 0 Å². The summed E-state index contributed by atoms with van der Waals surface area (Å²) in [5.74, 6) is 0.833. The second-order valence-corrected chi connectivity index (χ2v) is 11.7.